The smallest absolute Gasteiger partial charge is 0.0465 e. The standard InChI is InChI=1S/C9H19ClO/c1-3-11-8-6-4-5-7-9(2)10/h9H,3-8H2,1-2H3. The Morgan fingerprint density at radius 1 is 1.27 bits per heavy atom. The largest absolute Gasteiger partial charge is 0.382 e. The van der Waals surface area contributed by atoms with Crippen LogP contribution in [0.4, 0.5) is 0 Å². The van der Waals surface area contributed by atoms with E-state index in [1.54, 1.807) is 0 Å². The predicted octanol–water partition coefficient (Wildman–Crippen LogP) is 3.21. The lowest BCUT2D eigenvalue weighted by molar-refractivity contribution is 0.143. The summed E-state index contributed by atoms with van der Waals surface area (Å²) in [6, 6.07) is 0. The van der Waals surface area contributed by atoms with E-state index in [9.17, 15) is 0 Å². The highest BCUT2D eigenvalue weighted by molar-refractivity contribution is 6.20. The molecule has 0 heterocycles. The summed E-state index contributed by atoms with van der Waals surface area (Å²) >= 11 is 5.79. The molecule has 0 aromatic carbocycles. The van der Waals surface area contributed by atoms with Crippen molar-refractivity contribution in [3.05, 3.63) is 0 Å². The van der Waals surface area contributed by atoms with Crippen molar-refractivity contribution in [3.8, 4) is 0 Å². The first-order chi connectivity index (χ1) is 5.27. The molecule has 0 fully saturated rings. The van der Waals surface area contributed by atoms with E-state index in [1.807, 2.05) is 13.8 Å². The maximum atomic E-state index is 5.79. The molecule has 1 atom stereocenters. The summed E-state index contributed by atoms with van der Waals surface area (Å²) in [6.45, 7) is 5.82. The lowest BCUT2D eigenvalue weighted by Crippen LogP contribution is -1.95. The minimum absolute atomic E-state index is 0.335. The van der Waals surface area contributed by atoms with Gasteiger partial charge < -0.3 is 4.74 Å². The van der Waals surface area contributed by atoms with Crippen molar-refractivity contribution in [1.82, 2.24) is 0 Å². The number of unbranched alkanes of at least 4 members (excludes halogenated alkanes) is 2. The van der Waals surface area contributed by atoms with E-state index in [0.717, 1.165) is 19.6 Å². The molecule has 0 bridgehead atoms. The van der Waals surface area contributed by atoms with Crippen molar-refractivity contribution in [1.29, 1.82) is 0 Å². The van der Waals surface area contributed by atoms with E-state index >= 15 is 0 Å². The van der Waals surface area contributed by atoms with E-state index in [-0.39, 0.29) is 0 Å². The number of hydrogen-bond acceptors (Lipinski definition) is 1. The van der Waals surface area contributed by atoms with Gasteiger partial charge >= 0.3 is 0 Å². The first-order valence-electron chi connectivity index (χ1n) is 4.49. The number of rotatable bonds is 7. The van der Waals surface area contributed by atoms with Crippen molar-refractivity contribution in [2.45, 2.75) is 44.9 Å². The molecule has 11 heavy (non-hydrogen) atoms. The molecule has 0 radical (unpaired) electrons. The van der Waals surface area contributed by atoms with Gasteiger partial charge in [0.2, 0.25) is 0 Å². The third kappa shape index (κ3) is 10.2. The number of alkyl halides is 1. The van der Waals surface area contributed by atoms with Crippen LogP contribution in [0.25, 0.3) is 0 Å². The third-order valence-corrected chi connectivity index (χ3v) is 1.81. The van der Waals surface area contributed by atoms with Gasteiger partial charge in [-0.05, 0) is 26.7 Å². The third-order valence-electron chi connectivity index (χ3n) is 1.59. The second-order valence-electron chi connectivity index (χ2n) is 2.83. The molecule has 0 aliphatic heterocycles. The summed E-state index contributed by atoms with van der Waals surface area (Å²) in [5, 5.41) is 0.335. The summed E-state index contributed by atoms with van der Waals surface area (Å²) in [7, 11) is 0. The van der Waals surface area contributed by atoms with Gasteiger partial charge in [-0.15, -0.1) is 11.6 Å². The van der Waals surface area contributed by atoms with Gasteiger partial charge in [0.1, 0.15) is 0 Å². The average molecular weight is 179 g/mol. The van der Waals surface area contributed by atoms with E-state index in [2.05, 4.69) is 0 Å². The quantitative estimate of drug-likeness (QED) is 0.430. The highest BCUT2D eigenvalue weighted by atomic mass is 35.5. The van der Waals surface area contributed by atoms with Gasteiger partial charge in [-0.25, -0.2) is 0 Å². The zero-order valence-corrected chi connectivity index (χ0v) is 8.36. The Morgan fingerprint density at radius 2 is 2.00 bits per heavy atom. The maximum absolute atomic E-state index is 5.79. The second kappa shape index (κ2) is 8.35. The second-order valence-corrected chi connectivity index (χ2v) is 3.57. The SMILES string of the molecule is CCOCCCCCC(C)Cl. The van der Waals surface area contributed by atoms with Crippen molar-refractivity contribution < 1.29 is 4.74 Å². The Hall–Kier alpha value is 0.250. The topological polar surface area (TPSA) is 9.23 Å². The summed E-state index contributed by atoms with van der Waals surface area (Å²) in [6.07, 6.45) is 4.79. The van der Waals surface area contributed by atoms with E-state index in [1.165, 1.54) is 19.3 Å². The van der Waals surface area contributed by atoms with Gasteiger partial charge in [0, 0.05) is 18.6 Å². The normalized spacial score (nSPS) is 13.4. The molecule has 0 aromatic rings. The molecule has 1 nitrogen and oxygen atoms in total. The average Bonchev–Trinajstić information content (AvgIpc) is 1.96. The molecule has 0 saturated heterocycles. The Labute approximate surface area is 75.1 Å². The Morgan fingerprint density at radius 3 is 2.55 bits per heavy atom. The highest BCUT2D eigenvalue weighted by Crippen LogP contribution is 2.07. The van der Waals surface area contributed by atoms with Crippen molar-refractivity contribution in [2.75, 3.05) is 13.2 Å². The Bertz CT molecular complexity index is 74.0. The number of ether oxygens (including phenoxy) is 1. The van der Waals surface area contributed by atoms with Crippen molar-refractivity contribution in [2.24, 2.45) is 0 Å². The Balaban J connectivity index is 2.80. The van der Waals surface area contributed by atoms with Gasteiger partial charge in [0.25, 0.3) is 0 Å². The molecular formula is C9H19ClO. The molecule has 0 aromatic heterocycles. The van der Waals surface area contributed by atoms with Crippen molar-refractivity contribution >= 4 is 11.6 Å². The Kier molecular flexibility index (Phi) is 8.54. The molecule has 0 rings (SSSR count). The minimum atomic E-state index is 0.335. The highest BCUT2D eigenvalue weighted by Gasteiger charge is 1.95. The zero-order chi connectivity index (χ0) is 8.53. The van der Waals surface area contributed by atoms with Crippen LogP contribution in [-0.4, -0.2) is 18.6 Å². The van der Waals surface area contributed by atoms with Crippen LogP contribution in [0.15, 0.2) is 0 Å². The first kappa shape index (κ1) is 11.2. The van der Waals surface area contributed by atoms with Crippen LogP contribution in [0, 0.1) is 0 Å². The predicted molar refractivity (Wildman–Crippen MR) is 50.3 cm³/mol. The summed E-state index contributed by atoms with van der Waals surface area (Å²) in [5.41, 5.74) is 0. The lowest BCUT2D eigenvalue weighted by Gasteiger charge is -2.02. The van der Waals surface area contributed by atoms with E-state index in [0.29, 0.717) is 5.38 Å². The first-order valence-corrected chi connectivity index (χ1v) is 4.92. The fourth-order valence-corrected chi connectivity index (χ4v) is 1.11. The molecule has 1 unspecified atom stereocenters. The molecule has 0 saturated carbocycles. The van der Waals surface area contributed by atoms with Crippen LogP contribution in [0.3, 0.4) is 0 Å². The number of hydrogen-bond donors (Lipinski definition) is 0. The van der Waals surface area contributed by atoms with Gasteiger partial charge in [-0.1, -0.05) is 12.8 Å². The molecule has 0 aliphatic carbocycles. The minimum Gasteiger partial charge on any atom is -0.382 e. The van der Waals surface area contributed by atoms with Crippen LogP contribution in [-0.2, 0) is 4.74 Å². The van der Waals surface area contributed by atoms with Gasteiger partial charge in [0.15, 0.2) is 0 Å². The van der Waals surface area contributed by atoms with Gasteiger partial charge in [0.05, 0.1) is 0 Å². The number of halogens is 1. The van der Waals surface area contributed by atoms with Crippen LogP contribution < -0.4 is 0 Å². The maximum Gasteiger partial charge on any atom is 0.0465 e. The van der Waals surface area contributed by atoms with Gasteiger partial charge in [-0.3, -0.25) is 0 Å². The van der Waals surface area contributed by atoms with Crippen LogP contribution >= 0.6 is 11.6 Å². The van der Waals surface area contributed by atoms with Crippen LogP contribution in [0.1, 0.15) is 39.5 Å². The lowest BCUT2D eigenvalue weighted by atomic mass is 10.2. The monoisotopic (exact) mass is 178 g/mol. The van der Waals surface area contributed by atoms with Crippen LogP contribution in [0.2, 0.25) is 0 Å². The molecule has 0 amide bonds. The van der Waals surface area contributed by atoms with Crippen molar-refractivity contribution in [3.63, 3.8) is 0 Å². The zero-order valence-electron chi connectivity index (χ0n) is 7.61. The molecule has 0 N–H and O–H groups in total. The van der Waals surface area contributed by atoms with Gasteiger partial charge in [-0.2, -0.15) is 0 Å². The molecular weight excluding hydrogens is 160 g/mol. The van der Waals surface area contributed by atoms with Crippen LogP contribution in [0.5, 0.6) is 0 Å². The van der Waals surface area contributed by atoms with E-state index in [4.69, 9.17) is 16.3 Å². The molecule has 0 spiro atoms. The summed E-state index contributed by atoms with van der Waals surface area (Å²) < 4.78 is 5.21. The van der Waals surface area contributed by atoms with E-state index < -0.39 is 0 Å². The summed E-state index contributed by atoms with van der Waals surface area (Å²) in [4.78, 5) is 0. The summed E-state index contributed by atoms with van der Waals surface area (Å²) in [5.74, 6) is 0. The fraction of sp³-hybridized carbons (Fsp3) is 1.00. The molecule has 2 heteroatoms. The molecule has 68 valence electrons. The molecule has 0 aliphatic rings. The fourth-order valence-electron chi connectivity index (χ4n) is 0.951.